The van der Waals surface area contributed by atoms with Crippen LogP contribution in [0, 0.1) is 0 Å². The summed E-state index contributed by atoms with van der Waals surface area (Å²) < 4.78 is 6.01. The lowest BCUT2D eigenvalue weighted by molar-refractivity contribution is -0.888. The van der Waals surface area contributed by atoms with Crippen molar-refractivity contribution in [1.82, 2.24) is 0 Å². The van der Waals surface area contributed by atoms with Gasteiger partial charge in [0.15, 0.2) is 0 Å². The first kappa shape index (κ1) is 13.0. The summed E-state index contributed by atoms with van der Waals surface area (Å²) in [6, 6.07) is 0. The molecule has 0 spiro atoms. The van der Waals surface area contributed by atoms with Gasteiger partial charge in [0.2, 0.25) is 0 Å². The average Bonchev–Trinajstić information content (AvgIpc) is 1.84. The van der Waals surface area contributed by atoms with Gasteiger partial charge in [-0.05, 0) is 6.92 Å². The quantitative estimate of drug-likeness (QED) is 0.478. The number of rotatable bonds is 4. The van der Waals surface area contributed by atoms with Crippen molar-refractivity contribution < 1.29 is 26.2 Å². The molecule has 0 saturated heterocycles. The molecule has 0 amide bonds. The third-order valence-electron chi connectivity index (χ3n) is 1.76. The highest BCUT2D eigenvalue weighted by molar-refractivity contribution is 4.27. The molecule has 0 radical (unpaired) electrons. The molecule has 0 N–H and O–H groups in total. The molecule has 0 saturated carbocycles. The molecule has 0 aliphatic rings. The van der Waals surface area contributed by atoms with Crippen molar-refractivity contribution in [2.24, 2.45) is 0 Å². The molecule has 64 valence electrons. The maximum Gasteiger partial charge on any atom is 0.102 e. The number of hydrogen-bond donors (Lipinski definition) is 0. The van der Waals surface area contributed by atoms with Crippen molar-refractivity contribution in [2.75, 3.05) is 40.9 Å². The van der Waals surface area contributed by atoms with Gasteiger partial charge in [0.25, 0.3) is 0 Å². The Labute approximate surface area is 74.5 Å². The van der Waals surface area contributed by atoms with Crippen LogP contribution in [0.25, 0.3) is 0 Å². The monoisotopic (exact) mass is 211 g/mol. The van der Waals surface area contributed by atoms with Crippen LogP contribution in [0.15, 0.2) is 0 Å². The van der Waals surface area contributed by atoms with E-state index >= 15 is 0 Å². The number of hydrogen-bond acceptors (Lipinski definition) is 1. The van der Waals surface area contributed by atoms with E-state index in [9.17, 15) is 0 Å². The minimum Gasteiger partial charge on any atom is -1.00 e. The molecule has 0 rings (SSSR count). The summed E-state index contributed by atoms with van der Waals surface area (Å²) in [4.78, 5) is 0. The van der Waals surface area contributed by atoms with Crippen LogP contribution >= 0.6 is 0 Å². The molecule has 10 heavy (non-hydrogen) atoms. The van der Waals surface area contributed by atoms with E-state index in [1.54, 1.807) is 7.11 Å². The van der Waals surface area contributed by atoms with E-state index in [0.29, 0.717) is 0 Å². The minimum atomic E-state index is 0. The van der Waals surface area contributed by atoms with Gasteiger partial charge in [-0.1, -0.05) is 0 Å². The molecule has 2 nitrogen and oxygen atoms in total. The van der Waals surface area contributed by atoms with E-state index < -0.39 is 0 Å². The molecule has 0 atom stereocenters. The first-order chi connectivity index (χ1) is 4.12. The minimum absolute atomic E-state index is 0. The zero-order valence-electron chi connectivity index (χ0n) is 7.35. The summed E-state index contributed by atoms with van der Waals surface area (Å²) in [5.74, 6) is 0. The standard InChI is InChI=1S/C7H18NO.BrH/c1-5-8(2,3)6-7-9-4;/h5-7H2,1-4H3;1H/q+1;/p-1. The number of likely N-dealkylation sites (N-methyl/N-ethyl adjacent to an activating group) is 1. The summed E-state index contributed by atoms with van der Waals surface area (Å²) in [7, 11) is 6.16. The number of methoxy groups -OCH3 is 1. The molecular weight excluding hydrogens is 194 g/mol. The highest BCUT2D eigenvalue weighted by Gasteiger charge is 2.09. The summed E-state index contributed by atoms with van der Waals surface area (Å²) in [6.45, 7) is 5.33. The lowest BCUT2D eigenvalue weighted by atomic mass is 10.4. The van der Waals surface area contributed by atoms with Gasteiger partial charge in [-0.15, -0.1) is 0 Å². The first-order valence-electron chi connectivity index (χ1n) is 3.43. The third kappa shape index (κ3) is 6.52. The van der Waals surface area contributed by atoms with Crippen molar-refractivity contribution in [3.05, 3.63) is 0 Å². The largest absolute Gasteiger partial charge is 1.00 e. The lowest BCUT2D eigenvalue weighted by Crippen LogP contribution is -3.00. The van der Waals surface area contributed by atoms with Crippen molar-refractivity contribution in [3.8, 4) is 0 Å². The Bertz CT molecular complexity index is 76.0. The zero-order valence-corrected chi connectivity index (χ0v) is 8.94. The summed E-state index contributed by atoms with van der Waals surface area (Å²) in [5.41, 5.74) is 0. The molecule has 0 aromatic carbocycles. The van der Waals surface area contributed by atoms with Crippen LogP contribution in [0.5, 0.6) is 0 Å². The highest BCUT2D eigenvalue weighted by atomic mass is 79.9. The molecule has 0 aliphatic carbocycles. The van der Waals surface area contributed by atoms with Crippen molar-refractivity contribution >= 4 is 0 Å². The van der Waals surface area contributed by atoms with E-state index in [1.807, 2.05) is 0 Å². The predicted molar refractivity (Wildman–Crippen MR) is 39.4 cm³/mol. The second kappa shape index (κ2) is 6.13. The fraction of sp³-hybridized carbons (Fsp3) is 1.00. The smallest absolute Gasteiger partial charge is 0.102 e. The second-order valence-corrected chi connectivity index (χ2v) is 2.97. The van der Waals surface area contributed by atoms with Gasteiger partial charge in [0.05, 0.1) is 27.2 Å². The van der Waals surface area contributed by atoms with Crippen LogP contribution in [0.4, 0.5) is 0 Å². The van der Waals surface area contributed by atoms with Crippen molar-refractivity contribution in [2.45, 2.75) is 6.92 Å². The first-order valence-corrected chi connectivity index (χ1v) is 3.43. The van der Waals surface area contributed by atoms with Crippen LogP contribution in [-0.2, 0) is 4.74 Å². The molecule has 0 aromatic rings. The summed E-state index contributed by atoms with van der Waals surface area (Å²) in [6.07, 6.45) is 0. The second-order valence-electron chi connectivity index (χ2n) is 2.97. The Hall–Kier alpha value is 0.400. The lowest BCUT2D eigenvalue weighted by Gasteiger charge is -2.27. The molecule has 0 bridgehead atoms. The van der Waals surface area contributed by atoms with Crippen LogP contribution < -0.4 is 17.0 Å². The van der Waals surface area contributed by atoms with Gasteiger partial charge in [-0.2, -0.15) is 0 Å². The fourth-order valence-electron chi connectivity index (χ4n) is 0.497. The van der Waals surface area contributed by atoms with Gasteiger partial charge in [0.1, 0.15) is 6.54 Å². The van der Waals surface area contributed by atoms with Crippen LogP contribution in [0.3, 0.4) is 0 Å². The SMILES string of the molecule is CC[N+](C)(C)CCOC.[Br-]. The predicted octanol–water partition coefficient (Wildman–Crippen LogP) is -2.27. The van der Waals surface area contributed by atoms with Gasteiger partial charge in [-0.25, -0.2) is 0 Å². The Kier molecular flexibility index (Phi) is 7.99. The van der Waals surface area contributed by atoms with E-state index in [4.69, 9.17) is 4.74 Å². The van der Waals surface area contributed by atoms with E-state index in [2.05, 4.69) is 21.0 Å². The van der Waals surface area contributed by atoms with Crippen molar-refractivity contribution in [1.29, 1.82) is 0 Å². The average molecular weight is 212 g/mol. The number of halogens is 1. The van der Waals surface area contributed by atoms with E-state index in [0.717, 1.165) is 17.6 Å². The van der Waals surface area contributed by atoms with E-state index in [1.165, 1.54) is 6.54 Å². The maximum absolute atomic E-state index is 4.96. The molecule has 0 heterocycles. The van der Waals surface area contributed by atoms with E-state index in [-0.39, 0.29) is 17.0 Å². The normalized spacial score (nSPS) is 10.8. The Morgan fingerprint density at radius 2 is 1.80 bits per heavy atom. The third-order valence-corrected chi connectivity index (χ3v) is 1.76. The molecule has 3 heteroatoms. The number of nitrogens with zero attached hydrogens (tertiary/aromatic N) is 1. The van der Waals surface area contributed by atoms with Crippen molar-refractivity contribution in [3.63, 3.8) is 0 Å². The zero-order chi connectivity index (χ0) is 7.33. The highest BCUT2D eigenvalue weighted by Crippen LogP contribution is 1.93. The van der Waals surface area contributed by atoms with Crippen LogP contribution in [0.2, 0.25) is 0 Å². The topological polar surface area (TPSA) is 9.23 Å². The summed E-state index contributed by atoms with van der Waals surface area (Å²) in [5, 5.41) is 0. The summed E-state index contributed by atoms with van der Waals surface area (Å²) >= 11 is 0. The Morgan fingerprint density at radius 3 is 2.10 bits per heavy atom. The molecule has 0 fully saturated rings. The molecule has 0 aliphatic heterocycles. The maximum atomic E-state index is 4.96. The van der Waals surface area contributed by atoms with Crippen LogP contribution in [0.1, 0.15) is 6.92 Å². The van der Waals surface area contributed by atoms with Gasteiger partial charge in [0, 0.05) is 7.11 Å². The Morgan fingerprint density at radius 1 is 1.30 bits per heavy atom. The van der Waals surface area contributed by atoms with Gasteiger partial charge in [-0.3, -0.25) is 0 Å². The molecular formula is C7H18BrNO. The molecule has 0 unspecified atom stereocenters. The van der Waals surface area contributed by atoms with Crippen LogP contribution in [-0.4, -0.2) is 45.4 Å². The fourth-order valence-corrected chi connectivity index (χ4v) is 0.497. The Balaban J connectivity index is 0. The van der Waals surface area contributed by atoms with Gasteiger partial charge >= 0.3 is 0 Å². The molecule has 0 aromatic heterocycles. The number of quaternary nitrogens is 1. The van der Waals surface area contributed by atoms with Gasteiger partial charge < -0.3 is 26.2 Å². The number of ether oxygens (including phenoxy) is 1.